The van der Waals surface area contributed by atoms with Gasteiger partial charge in [0.25, 0.3) is 0 Å². The average Bonchev–Trinajstić information content (AvgIpc) is 3.09. The van der Waals surface area contributed by atoms with Crippen LogP contribution in [0.15, 0.2) is 48.5 Å². The summed E-state index contributed by atoms with van der Waals surface area (Å²) in [6.45, 7) is 2.66. The van der Waals surface area contributed by atoms with Crippen LogP contribution in [0.25, 0.3) is 11.1 Å². The van der Waals surface area contributed by atoms with E-state index >= 15 is 0 Å². The smallest absolute Gasteiger partial charge is 0.407 e. The number of aliphatic hydroxyl groups is 1. The first-order valence-electron chi connectivity index (χ1n) is 10.6. The van der Waals surface area contributed by atoms with Crippen molar-refractivity contribution in [1.29, 1.82) is 0 Å². The van der Waals surface area contributed by atoms with Gasteiger partial charge in [-0.15, -0.1) is 0 Å². The summed E-state index contributed by atoms with van der Waals surface area (Å²) in [5.74, 6) is -1.96. The number of benzene rings is 2. The number of aliphatic carboxylic acids is 1. The number of carbonyl (C=O) groups excluding carboxylic acids is 2. The molecule has 2 aromatic rings. The Morgan fingerprint density at radius 3 is 2.16 bits per heavy atom. The maximum atomic E-state index is 12.4. The molecule has 2 aromatic carbocycles. The highest BCUT2D eigenvalue weighted by Crippen LogP contribution is 2.44. The van der Waals surface area contributed by atoms with Crippen LogP contribution >= 0.6 is 0 Å². The zero-order valence-electron chi connectivity index (χ0n) is 18.1. The number of ether oxygens (including phenoxy) is 1. The van der Waals surface area contributed by atoms with Crippen molar-refractivity contribution in [1.82, 2.24) is 10.6 Å². The molecule has 170 valence electrons. The Morgan fingerprint density at radius 1 is 1.06 bits per heavy atom. The molecule has 0 aromatic heterocycles. The lowest BCUT2D eigenvalue weighted by molar-refractivity contribution is -0.156. The maximum absolute atomic E-state index is 12.4. The van der Waals surface area contributed by atoms with E-state index in [1.54, 1.807) is 0 Å². The van der Waals surface area contributed by atoms with Gasteiger partial charge in [0.2, 0.25) is 5.91 Å². The zero-order valence-corrected chi connectivity index (χ0v) is 18.1. The molecule has 0 radical (unpaired) electrons. The molecule has 0 spiro atoms. The Balaban J connectivity index is 1.54. The molecule has 0 aliphatic heterocycles. The molecule has 1 aliphatic carbocycles. The fourth-order valence-corrected chi connectivity index (χ4v) is 3.75. The van der Waals surface area contributed by atoms with Gasteiger partial charge >= 0.3 is 12.1 Å². The molecule has 2 amide bonds. The van der Waals surface area contributed by atoms with Crippen molar-refractivity contribution in [3.05, 3.63) is 59.7 Å². The Morgan fingerprint density at radius 2 is 1.62 bits per heavy atom. The molecule has 0 fully saturated rings. The molecule has 8 nitrogen and oxygen atoms in total. The molecule has 1 unspecified atom stereocenters. The average molecular weight is 440 g/mol. The highest BCUT2D eigenvalue weighted by atomic mass is 16.5. The minimum atomic E-state index is -2.06. The lowest BCUT2D eigenvalue weighted by Gasteiger charge is -2.21. The van der Waals surface area contributed by atoms with Crippen molar-refractivity contribution in [2.75, 3.05) is 13.2 Å². The van der Waals surface area contributed by atoms with Crippen molar-refractivity contribution in [2.24, 2.45) is 0 Å². The minimum Gasteiger partial charge on any atom is -0.479 e. The summed E-state index contributed by atoms with van der Waals surface area (Å²) in [4.78, 5) is 35.4. The third kappa shape index (κ3) is 5.26. The van der Waals surface area contributed by atoms with E-state index < -0.39 is 36.2 Å². The number of carboxylic acid groups (broad SMARTS) is 1. The first-order chi connectivity index (χ1) is 15.2. The molecule has 4 N–H and O–H groups in total. The number of fused-ring (bicyclic) bond motifs is 3. The standard InChI is InChI=1S/C24H28N2O6/c1-3-15(12-21(27)25-14-24(2,31)22(28)29)26-23(30)32-13-20-18-10-6-4-8-16(18)17-9-5-7-11-19(17)20/h4-11,15,20,31H,3,12-14H2,1-2H3,(H,25,27)(H,26,30)(H,28,29)/t15-,24?/m1/s1. The maximum Gasteiger partial charge on any atom is 0.407 e. The quantitative estimate of drug-likeness (QED) is 0.475. The van der Waals surface area contributed by atoms with Gasteiger partial charge in [-0.25, -0.2) is 9.59 Å². The van der Waals surface area contributed by atoms with E-state index in [0.29, 0.717) is 6.42 Å². The molecule has 0 bridgehead atoms. The molecule has 0 saturated heterocycles. The van der Waals surface area contributed by atoms with E-state index in [-0.39, 0.29) is 18.9 Å². The molecule has 0 heterocycles. The second kappa shape index (κ2) is 9.82. The summed E-state index contributed by atoms with van der Waals surface area (Å²) in [6.07, 6.45) is -0.201. The van der Waals surface area contributed by atoms with E-state index in [9.17, 15) is 19.5 Å². The fourth-order valence-electron chi connectivity index (χ4n) is 3.75. The minimum absolute atomic E-state index is 0.0591. The predicted molar refractivity (Wildman–Crippen MR) is 118 cm³/mol. The molecular weight excluding hydrogens is 412 g/mol. The molecular formula is C24H28N2O6. The Bertz CT molecular complexity index is 958. The van der Waals surface area contributed by atoms with E-state index in [4.69, 9.17) is 9.84 Å². The zero-order chi connectivity index (χ0) is 23.3. The third-order valence-electron chi connectivity index (χ3n) is 5.68. The van der Waals surface area contributed by atoms with Crippen LogP contribution < -0.4 is 10.6 Å². The van der Waals surface area contributed by atoms with Crippen LogP contribution in [0.5, 0.6) is 0 Å². The number of alkyl carbamates (subject to hydrolysis) is 1. The van der Waals surface area contributed by atoms with Gasteiger partial charge in [0, 0.05) is 18.4 Å². The topological polar surface area (TPSA) is 125 Å². The van der Waals surface area contributed by atoms with Crippen molar-refractivity contribution in [3.63, 3.8) is 0 Å². The summed E-state index contributed by atoms with van der Waals surface area (Å²) < 4.78 is 5.50. The Kier molecular flexibility index (Phi) is 7.15. The van der Waals surface area contributed by atoms with Gasteiger partial charge in [0.15, 0.2) is 5.60 Å². The van der Waals surface area contributed by atoms with Crippen LogP contribution in [-0.2, 0) is 14.3 Å². The number of carbonyl (C=O) groups is 3. The van der Waals surface area contributed by atoms with Gasteiger partial charge in [-0.05, 0) is 35.6 Å². The molecule has 2 atom stereocenters. The van der Waals surface area contributed by atoms with E-state index in [1.807, 2.05) is 43.3 Å². The number of amides is 2. The summed E-state index contributed by atoms with van der Waals surface area (Å²) in [5.41, 5.74) is 2.43. The predicted octanol–water partition coefficient (Wildman–Crippen LogP) is 2.65. The van der Waals surface area contributed by atoms with Crippen LogP contribution in [0, 0.1) is 0 Å². The van der Waals surface area contributed by atoms with Crippen LogP contribution in [0.4, 0.5) is 4.79 Å². The van der Waals surface area contributed by atoms with E-state index in [2.05, 4.69) is 22.8 Å². The van der Waals surface area contributed by atoms with Gasteiger partial charge in [-0.3, -0.25) is 4.79 Å². The Hall–Kier alpha value is -3.39. The summed E-state index contributed by atoms with van der Waals surface area (Å²) in [6, 6.07) is 15.6. The van der Waals surface area contributed by atoms with Crippen molar-refractivity contribution >= 4 is 18.0 Å². The number of rotatable bonds is 9. The second-order valence-electron chi connectivity index (χ2n) is 8.13. The van der Waals surface area contributed by atoms with E-state index in [1.165, 1.54) is 0 Å². The summed E-state index contributed by atoms with van der Waals surface area (Å²) in [7, 11) is 0. The van der Waals surface area contributed by atoms with E-state index in [0.717, 1.165) is 29.2 Å². The lowest BCUT2D eigenvalue weighted by Crippen LogP contribution is -2.48. The summed E-state index contributed by atoms with van der Waals surface area (Å²) >= 11 is 0. The number of hydrogen-bond acceptors (Lipinski definition) is 5. The normalized spacial score (nSPS) is 15.1. The number of nitrogens with one attached hydrogen (secondary N) is 2. The van der Waals surface area contributed by atoms with Crippen LogP contribution in [0.3, 0.4) is 0 Å². The Labute approximate surface area is 186 Å². The van der Waals surface area contributed by atoms with Gasteiger partial charge in [-0.1, -0.05) is 55.5 Å². The second-order valence-corrected chi connectivity index (χ2v) is 8.13. The van der Waals surface area contributed by atoms with Crippen LogP contribution in [0.1, 0.15) is 43.7 Å². The van der Waals surface area contributed by atoms with Gasteiger partial charge in [-0.2, -0.15) is 0 Å². The van der Waals surface area contributed by atoms with Gasteiger partial charge < -0.3 is 25.6 Å². The number of hydrogen-bond donors (Lipinski definition) is 4. The van der Waals surface area contributed by atoms with Gasteiger partial charge in [0.05, 0.1) is 6.54 Å². The number of carboxylic acids is 1. The molecule has 32 heavy (non-hydrogen) atoms. The molecule has 8 heteroatoms. The van der Waals surface area contributed by atoms with Gasteiger partial charge in [0.1, 0.15) is 6.61 Å². The third-order valence-corrected chi connectivity index (χ3v) is 5.68. The fraction of sp³-hybridized carbons (Fsp3) is 0.375. The highest BCUT2D eigenvalue weighted by molar-refractivity contribution is 5.81. The molecule has 3 rings (SSSR count). The highest BCUT2D eigenvalue weighted by Gasteiger charge is 2.31. The lowest BCUT2D eigenvalue weighted by atomic mass is 9.98. The summed E-state index contributed by atoms with van der Waals surface area (Å²) in [5, 5.41) is 23.7. The van der Waals surface area contributed by atoms with Crippen molar-refractivity contribution < 1.29 is 29.3 Å². The van der Waals surface area contributed by atoms with Crippen molar-refractivity contribution in [2.45, 2.75) is 44.2 Å². The molecule has 1 aliphatic rings. The largest absolute Gasteiger partial charge is 0.479 e. The van der Waals surface area contributed by atoms with Crippen LogP contribution in [0.2, 0.25) is 0 Å². The van der Waals surface area contributed by atoms with Crippen LogP contribution in [-0.4, -0.2) is 53.0 Å². The first kappa shape index (κ1) is 23.3. The first-order valence-corrected chi connectivity index (χ1v) is 10.6. The monoisotopic (exact) mass is 440 g/mol. The SMILES string of the molecule is CC[C@H](CC(=O)NCC(C)(O)C(=O)O)NC(=O)OCC1c2ccccc2-c2ccccc21. The van der Waals surface area contributed by atoms with Crippen molar-refractivity contribution in [3.8, 4) is 11.1 Å². The molecule has 0 saturated carbocycles.